The van der Waals surface area contributed by atoms with Gasteiger partial charge in [0.05, 0.1) is 0 Å². The van der Waals surface area contributed by atoms with Gasteiger partial charge in [0.2, 0.25) is 0 Å². The molecular formula is C15H31N3. The van der Waals surface area contributed by atoms with Crippen molar-refractivity contribution in [2.45, 2.75) is 45.1 Å². The van der Waals surface area contributed by atoms with E-state index >= 15 is 0 Å². The minimum Gasteiger partial charge on any atom is -0.314 e. The van der Waals surface area contributed by atoms with Crippen LogP contribution >= 0.6 is 0 Å². The molecule has 2 rings (SSSR count). The highest BCUT2D eigenvalue weighted by atomic mass is 15.1. The summed E-state index contributed by atoms with van der Waals surface area (Å²) in [6.45, 7) is 10.0. The smallest absolute Gasteiger partial charge is 0.00915 e. The van der Waals surface area contributed by atoms with Gasteiger partial charge in [0.15, 0.2) is 0 Å². The molecule has 0 bridgehead atoms. The highest BCUT2D eigenvalue weighted by molar-refractivity contribution is 4.79. The summed E-state index contributed by atoms with van der Waals surface area (Å²) in [6.07, 6.45) is 6.81. The molecule has 0 spiro atoms. The number of nitrogens with zero attached hydrogens (tertiary/aromatic N) is 2. The van der Waals surface area contributed by atoms with E-state index in [1.165, 1.54) is 71.4 Å². The van der Waals surface area contributed by atoms with Crippen LogP contribution in [-0.4, -0.2) is 62.2 Å². The number of rotatable bonds is 5. The summed E-state index contributed by atoms with van der Waals surface area (Å²) in [6, 6.07) is 0.783. The number of likely N-dealkylation sites (tertiary alicyclic amines) is 2. The van der Waals surface area contributed by atoms with E-state index in [1.807, 2.05) is 0 Å². The minimum atomic E-state index is 0.783. The van der Waals surface area contributed by atoms with Crippen LogP contribution in [0.25, 0.3) is 0 Å². The lowest BCUT2D eigenvalue weighted by Gasteiger charge is -2.35. The Bertz CT molecular complexity index is 224. The van der Waals surface area contributed by atoms with Crippen LogP contribution in [0, 0.1) is 5.92 Å². The molecule has 2 fully saturated rings. The van der Waals surface area contributed by atoms with E-state index in [0.717, 1.165) is 12.0 Å². The largest absolute Gasteiger partial charge is 0.314 e. The maximum atomic E-state index is 3.82. The van der Waals surface area contributed by atoms with Crippen LogP contribution in [0.1, 0.15) is 39.0 Å². The molecule has 0 amide bonds. The van der Waals surface area contributed by atoms with Gasteiger partial charge in [-0.3, -0.25) is 0 Å². The first kappa shape index (κ1) is 14.3. The van der Waals surface area contributed by atoms with Gasteiger partial charge in [-0.1, -0.05) is 6.92 Å². The third kappa shape index (κ3) is 4.52. The zero-order valence-electron chi connectivity index (χ0n) is 12.3. The summed E-state index contributed by atoms with van der Waals surface area (Å²) < 4.78 is 0. The number of nitrogens with one attached hydrogen (secondary N) is 1. The van der Waals surface area contributed by atoms with Gasteiger partial charge < -0.3 is 15.1 Å². The molecule has 1 atom stereocenters. The quantitative estimate of drug-likeness (QED) is 0.806. The molecule has 18 heavy (non-hydrogen) atoms. The normalized spacial score (nSPS) is 28.7. The molecule has 3 heteroatoms. The van der Waals surface area contributed by atoms with E-state index in [-0.39, 0.29) is 0 Å². The highest BCUT2D eigenvalue weighted by Gasteiger charge is 2.21. The number of piperidine rings is 2. The molecular weight excluding hydrogens is 222 g/mol. The molecule has 2 aliphatic heterocycles. The van der Waals surface area contributed by atoms with Crippen LogP contribution in [0.3, 0.4) is 0 Å². The maximum Gasteiger partial charge on any atom is 0.00915 e. The van der Waals surface area contributed by atoms with Gasteiger partial charge in [-0.2, -0.15) is 0 Å². The zero-order chi connectivity index (χ0) is 12.8. The zero-order valence-corrected chi connectivity index (χ0v) is 12.3. The Morgan fingerprint density at radius 2 is 1.89 bits per heavy atom. The van der Waals surface area contributed by atoms with E-state index in [2.05, 4.69) is 29.1 Å². The van der Waals surface area contributed by atoms with Crippen molar-refractivity contribution < 1.29 is 0 Å². The molecule has 1 N–H and O–H groups in total. The van der Waals surface area contributed by atoms with Crippen molar-refractivity contribution in [2.75, 3.05) is 46.3 Å². The Morgan fingerprint density at radius 1 is 1.11 bits per heavy atom. The van der Waals surface area contributed by atoms with Gasteiger partial charge in [0.1, 0.15) is 0 Å². The Hall–Kier alpha value is -0.120. The molecule has 106 valence electrons. The second-order valence-corrected chi connectivity index (χ2v) is 6.29. The molecule has 2 saturated heterocycles. The second kappa shape index (κ2) is 7.46. The van der Waals surface area contributed by atoms with Crippen molar-refractivity contribution in [3.05, 3.63) is 0 Å². The summed E-state index contributed by atoms with van der Waals surface area (Å²) in [4.78, 5) is 5.10. The van der Waals surface area contributed by atoms with Gasteiger partial charge in [0.25, 0.3) is 0 Å². The van der Waals surface area contributed by atoms with Crippen LogP contribution in [0.5, 0.6) is 0 Å². The molecule has 0 aromatic carbocycles. The minimum absolute atomic E-state index is 0.783. The average molecular weight is 253 g/mol. The number of hydrogen-bond acceptors (Lipinski definition) is 3. The van der Waals surface area contributed by atoms with Crippen LogP contribution in [0.15, 0.2) is 0 Å². The predicted octanol–water partition coefficient (Wildman–Crippen LogP) is 1.79. The van der Waals surface area contributed by atoms with E-state index in [1.54, 1.807) is 0 Å². The van der Waals surface area contributed by atoms with Crippen molar-refractivity contribution in [3.8, 4) is 0 Å². The van der Waals surface area contributed by atoms with Gasteiger partial charge in [-0.25, -0.2) is 0 Å². The molecule has 0 aromatic rings. The van der Waals surface area contributed by atoms with E-state index in [4.69, 9.17) is 0 Å². The molecule has 3 nitrogen and oxygen atoms in total. The number of hydrogen-bond donors (Lipinski definition) is 1. The Balaban J connectivity index is 1.60. The second-order valence-electron chi connectivity index (χ2n) is 6.29. The average Bonchev–Trinajstić information content (AvgIpc) is 2.38. The van der Waals surface area contributed by atoms with Crippen molar-refractivity contribution in [2.24, 2.45) is 5.92 Å². The summed E-state index contributed by atoms with van der Waals surface area (Å²) in [5, 5.41) is 3.82. The molecule has 0 radical (unpaired) electrons. The summed E-state index contributed by atoms with van der Waals surface area (Å²) in [7, 11) is 2.26. The Kier molecular flexibility index (Phi) is 5.93. The standard InChI is InChI=1S/C15H31N3/c1-3-8-18-10-6-15(7-11-18)16-12-14-5-4-9-17(2)13-14/h14-16H,3-13H2,1-2H3. The highest BCUT2D eigenvalue weighted by Crippen LogP contribution is 2.16. The van der Waals surface area contributed by atoms with Crippen LogP contribution in [-0.2, 0) is 0 Å². The fourth-order valence-electron chi connectivity index (χ4n) is 3.45. The maximum absolute atomic E-state index is 3.82. The predicted molar refractivity (Wildman–Crippen MR) is 78.0 cm³/mol. The van der Waals surface area contributed by atoms with Gasteiger partial charge >= 0.3 is 0 Å². The Morgan fingerprint density at radius 3 is 2.56 bits per heavy atom. The summed E-state index contributed by atoms with van der Waals surface area (Å²) >= 11 is 0. The van der Waals surface area contributed by atoms with Crippen LogP contribution in [0.4, 0.5) is 0 Å². The SMILES string of the molecule is CCCN1CCC(NCC2CCCN(C)C2)CC1. The molecule has 0 aliphatic carbocycles. The summed E-state index contributed by atoms with van der Waals surface area (Å²) in [5.41, 5.74) is 0. The van der Waals surface area contributed by atoms with E-state index in [9.17, 15) is 0 Å². The van der Waals surface area contributed by atoms with Gasteiger partial charge in [-0.05, 0) is 77.8 Å². The molecule has 1 unspecified atom stereocenters. The van der Waals surface area contributed by atoms with Crippen molar-refractivity contribution in [3.63, 3.8) is 0 Å². The van der Waals surface area contributed by atoms with E-state index in [0.29, 0.717) is 0 Å². The molecule has 0 saturated carbocycles. The lowest BCUT2D eigenvalue weighted by Crippen LogP contribution is -2.45. The van der Waals surface area contributed by atoms with Crippen molar-refractivity contribution >= 4 is 0 Å². The lowest BCUT2D eigenvalue weighted by molar-refractivity contribution is 0.175. The molecule has 0 aromatic heterocycles. The Labute approximate surface area is 113 Å². The first-order valence-electron chi connectivity index (χ1n) is 7.92. The fourth-order valence-corrected chi connectivity index (χ4v) is 3.45. The first-order valence-corrected chi connectivity index (χ1v) is 7.92. The monoisotopic (exact) mass is 253 g/mol. The lowest BCUT2D eigenvalue weighted by atomic mass is 9.97. The molecule has 2 heterocycles. The van der Waals surface area contributed by atoms with Crippen LogP contribution < -0.4 is 5.32 Å². The van der Waals surface area contributed by atoms with Crippen LogP contribution in [0.2, 0.25) is 0 Å². The third-order valence-corrected chi connectivity index (χ3v) is 4.54. The van der Waals surface area contributed by atoms with E-state index < -0.39 is 0 Å². The third-order valence-electron chi connectivity index (χ3n) is 4.54. The van der Waals surface area contributed by atoms with Gasteiger partial charge in [0, 0.05) is 12.6 Å². The fraction of sp³-hybridized carbons (Fsp3) is 1.00. The van der Waals surface area contributed by atoms with Gasteiger partial charge in [-0.15, -0.1) is 0 Å². The molecule has 2 aliphatic rings. The van der Waals surface area contributed by atoms with Crippen molar-refractivity contribution in [1.29, 1.82) is 0 Å². The van der Waals surface area contributed by atoms with Crippen molar-refractivity contribution in [1.82, 2.24) is 15.1 Å². The topological polar surface area (TPSA) is 18.5 Å². The first-order chi connectivity index (χ1) is 8.78. The summed E-state index contributed by atoms with van der Waals surface area (Å²) in [5.74, 6) is 0.887.